The maximum atomic E-state index is 12.2. The van der Waals surface area contributed by atoms with Crippen LogP contribution in [0.5, 0.6) is 0 Å². The Hall–Kier alpha value is -2.18. The highest BCUT2D eigenvalue weighted by Crippen LogP contribution is 2.18. The Morgan fingerprint density at radius 2 is 2.32 bits per heavy atom. The number of rotatable bonds is 2. The zero-order chi connectivity index (χ0) is 13.8. The Balaban J connectivity index is 2.09. The first-order valence-electron chi connectivity index (χ1n) is 6.17. The van der Waals surface area contributed by atoms with Crippen LogP contribution in [0.3, 0.4) is 0 Å². The van der Waals surface area contributed by atoms with Gasteiger partial charge in [0.05, 0.1) is 11.9 Å². The zero-order valence-corrected chi connectivity index (χ0v) is 10.8. The van der Waals surface area contributed by atoms with Gasteiger partial charge in [0.2, 0.25) is 0 Å². The van der Waals surface area contributed by atoms with Gasteiger partial charge in [0.15, 0.2) is 0 Å². The summed E-state index contributed by atoms with van der Waals surface area (Å²) in [6.07, 6.45) is 4.69. The average Bonchev–Trinajstić information content (AvgIpc) is 2.46. The maximum Gasteiger partial charge on any atom is 0.274 e. The summed E-state index contributed by atoms with van der Waals surface area (Å²) in [4.78, 5) is 22.1. The molecule has 1 fully saturated rings. The molecule has 1 amide bonds. The van der Waals surface area contributed by atoms with Gasteiger partial charge in [-0.1, -0.05) is 5.16 Å². The van der Waals surface area contributed by atoms with Crippen molar-refractivity contribution in [2.45, 2.75) is 19.8 Å². The van der Waals surface area contributed by atoms with Gasteiger partial charge >= 0.3 is 0 Å². The van der Waals surface area contributed by atoms with E-state index in [4.69, 9.17) is 10.9 Å². The number of carbonyl (C=O) groups excluding carboxylic acids is 1. The van der Waals surface area contributed by atoms with Gasteiger partial charge < -0.3 is 15.8 Å². The fourth-order valence-electron chi connectivity index (χ4n) is 2.15. The molecule has 0 radical (unpaired) electrons. The van der Waals surface area contributed by atoms with Crippen molar-refractivity contribution in [3.63, 3.8) is 0 Å². The molecule has 3 N–H and O–H groups in total. The molecule has 1 aromatic rings. The number of nitrogens with two attached hydrogens (primary N) is 1. The molecule has 1 saturated heterocycles. The van der Waals surface area contributed by atoms with E-state index in [0.29, 0.717) is 18.8 Å². The molecule has 1 aliphatic heterocycles. The Kier molecular flexibility index (Phi) is 3.94. The number of oxime groups is 1. The first kappa shape index (κ1) is 13.3. The van der Waals surface area contributed by atoms with Gasteiger partial charge in [-0.15, -0.1) is 0 Å². The van der Waals surface area contributed by atoms with Gasteiger partial charge in [-0.3, -0.25) is 9.78 Å². The average molecular weight is 263 g/mol. The smallest absolute Gasteiger partial charge is 0.274 e. The van der Waals surface area contributed by atoms with Crippen LogP contribution in [0.1, 0.15) is 29.0 Å². The van der Waals surface area contributed by atoms with Crippen molar-refractivity contribution in [1.29, 1.82) is 0 Å². The van der Waals surface area contributed by atoms with Crippen LogP contribution in [0.4, 0.5) is 0 Å². The highest BCUT2D eigenvalue weighted by molar-refractivity contribution is 5.92. The molecule has 0 aromatic carbocycles. The topological polar surface area (TPSA) is 105 Å². The lowest BCUT2D eigenvalue weighted by Gasteiger charge is -2.31. The molecule has 1 atom stereocenters. The molecule has 2 heterocycles. The summed E-state index contributed by atoms with van der Waals surface area (Å²) in [5.74, 6) is -0.0865. The Labute approximate surface area is 111 Å². The monoisotopic (exact) mass is 263 g/mol. The molecule has 0 aliphatic carbocycles. The van der Waals surface area contributed by atoms with Gasteiger partial charge in [0, 0.05) is 25.2 Å². The van der Waals surface area contributed by atoms with Crippen LogP contribution in [-0.2, 0) is 0 Å². The Morgan fingerprint density at radius 3 is 2.95 bits per heavy atom. The van der Waals surface area contributed by atoms with Crippen molar-refractivity contribution in [2.75, 3.05) is 13.1 Å². The first-order valence-corrected chi connectivity index (χ1v) is 6.17. The van der Waals surface area contributed by atoms with Crippen molar-refractivity contribution in [1.82, 2.24) is 14.9 Å². The van der Waals surface area contributed by atoms with Crippen molar-refractivity contribution >= 4 is 11.7 Å². The van der Waals surface area contributed by atoms with E-state index in [1.165, 1.54) is 6.20 Å². The molecule has 2 rings (SSSR count). The minimum atomic E-state index is -0.164. The number of aryl methyl sites for hydroxylation is 1. The molecule has 1 unspecified atom stereocenters. The number of nitrogens with zero attached hydrogens (tertiary/aromatic N) is 4. The van der Waals surface area contributed by atoms with Gasteiger partial charge in [0.25, 0.3) is 5.91 Å². The molecule has 102 valence electrons. The molecule has 0 bridgehead atoms. The molecule has 19 heavy (non-hydrogen) atoms. The van der Waals surface area contributed by atoms with E-state index >= 15 is 0 Å². The van der Waals surface area contributed by atoms with Gasteiger partial charge in [-0.2, -0.15) is 0 Å². The van der Waals surface area contributed by atoms with E-state index in [1.807, 2.05) is 6.92 Å². The number of aromatic nitrogens is 2. The summed E-state index contributed by atoms with van der Waals surface area (Å²) in [6.45, 7) is 2.92. The molecule has 0 spiro atoms. The molecule has 0 saturated carbocycles. The quantitative estimate of drug-likeness (QED) is 0.347. The fourth-order valence-corrected chi connectivity index (χ4v) is 2.15. The maximum absolute atomic E-state index is 12.2. The summed E-state index contributed by atoms with van der Waals surface area (Å²) in [7, 11) is 0. The highest BCUT2D eigenvalue weighted by Gasteiger charge is 2.27. The SMILES string of the molecule is Cc1cnc(C(=O)N2CCCC(C(N)=NO)C2)cn1. The van der Waals surface area contributed by atoms with Crippen LogP contribution in [0.25, 0.3) is 0 Å². The van der Waals surface area contributed by atoms with E-state index < -0.39 is 0 Å². The molecule has 1 aromatic heterocycles. The standard InChI is InChI=1S/C12H17N5O2/c1-8-5-15-10(6-14-8)12(18)17-4-2-3-9(7-17)11(13)16-19/h5-6,9,19H,2-4,7H2,1H3,(H2,13,16). The molecule has 1 aliphatic rings. The van der Waals surface area contributed by atoms with Crippen LogP contribution in [-0.4, -0.2) is 44.9 Å². The summed E-state index contributed by atoms with van der Waals surface area (Å²) >= 11 is 0. The Morgan fingerprint density at radius 1 is 1.53 bits per heavy atom. The second kappa shape index (κ2) is 5.64. The minimum Gasteiger partial charge on any atom is -0.409 e. The summed E-state index contributed by atoms with van der Waals surface area (Å²) in [5, 5.41) is 11.7. The predicted octanol–water partition coefficient (Wildman–Crippen LogP) is 0.384. The number of piperidine rings is 1. The van der Waals surface area contributed by atoms with E-state index in [9.17, 15) is 4.79 Å². The number of carbonyl (C=O) groups is 1. The molecule has 7 heteroatoms. The lowest BCUT2D eigenvalue weighted by Crippen LogP contribution is -2.44. The van der Waals surface area contributed by atoms with Gasteiger partial charge in [-0.25, -0.2) is 4.98 Å². The number of amides is 1. The lowest BCUT2D eigenvalue weighted by atomic mass is 9.97. The second-order valence-electron chi connectivity index (χ2n) is 4.66. The summed E-state index contributed by atoms with van der Waals surface area (Å²) in [5.41, 5.74) is 6.70. The van der Waals surface area contributed by atoms with Crippen molar-refractivity contribution < 1.29 is 10.0 Å². The number of hydrogen-bond acceptors (Lipinski definition) is 5. The third-order valence-corrected chi connectivity index (χ3v) is 3.24. The first-order chi connectivity index (χ1) is 9.11. The van der Waals surface area contributed by atoms with Crippen molar-refractivity contribution in [3.05, 3.63) is 23.8 Å². The van der Waals surface area contributed by atoms with Gasteiger partial charge in [0.1, 0.15) is 11.5 Å². The predicted molar refractivity (Wildman–Crippen MR) is 68.8 cm³/mol. The third-order valence-electron chi connectivity index (χ3n) is 3.24. The summed E-state index contributed by atoms with van der Waals surface area (Å²) in [6, 6.07) is 0. The fraction of sp³-hybridized carbons (Fsp3) is 0.500. The van der Waals surface area contributed by atoms with Crippen LogP contribution in [0, 0.1) is 12.8 Å². The molecule has 7 nitrogen and oxygen atoms in total. The van der Waals surface area contributed by atoms with Crippen LogP contribution < -0.4 is 5.73 Å². The number of hydrogen-bond donors (Lipinski definition) is 2. The van der Waals surface area contributed by atoms with E-state index in [-0.39, 0.29) is 17.7 Å². The van der Waals surface area contributed by atoms with Crippen LogP contribution >= 0.6 is 0 Å². The molecular formula is C12H17N5O2. The second-order valence-corrected chi connectivity index (χ2v) is 4.66. The third kappa shape index (κ3) is 2.98. The highest BCUT2D eigenvalue weighted by atomic mass is 16.4. The van der Waals surface area contributed by atoms with E-state index in [2.05, 4.69) is 15.1 Å². The number of amidine groups is 1. The van der Waals surface area contributed by atoms with E-state index in [0.717, 1.165) is 18.5 Å². The number of likely N-dealkylation sites (tertiary alicyclic amines) is 1. The zero-order valence-electron chi connectivity index (χ0n) is 10.8. The molecular weight excluding hydrogens is 246 g/mol. The Bertz CT molecular complexity index is 485. The van der Waals surface area contributed by atoms with Crippen molar-refractivity contribution in [3.8, 4) is 0 Å². The van der Waals surface area contributed by atoms with Gasteiger partial charge in [-0.05, 0) is 19.8 Å². The van der Waals surface area contributed by atoms with Crippen LogP contribution in [0.2, 0.25) is 0 Å². The largest absolute Gasteiger partial charge is 0.409 e. The lowest BCUT2D eigenvalue weighted by molar-refractivity contribution is 0.0695. The minimum absolute atomic E-state index is 0.0962. The van der Waals surface area contributed by atoms with Crippen molar-refractivity contribution in [2.24, 2.45) is 16.8 Å². The normalized spacial score (nSPS) is 20.4. The van der Waals surface area contributed by atoms with E-state index in [1.54, 1.807) is 11.1 Å². The summed E-state index contributed by atoms with van der Waals surface area (Å²) < 4.78 is 0. The van der Waals surface area contributed by atoms with Crippen LogP contribution in [0.15, 0.2) is 17.5 Å².